The molecular formula is C34H48O4. The molecule has 0 aliphatic heterocycles. The minimum Gasteiger partial charge on any atom is -0.298 e. The van der Waals surface area contributed by atoms with Crippen molar-refractivity contribution in [1.82, 2.24) is 0 Å². The lowest BCUT2D eigenvalue weighted by atomic mass is 9.49. The van der Waals surface area contributed by atoms with Crippen LogP contribution in [-0.2, 0) is 19.2 Å². The number of ketones is 1. The summed E-state index contributed by atoms with van der Waals surface area (Å²) in [5.41, 5.74) is 5.69. The molecule has 2 bridgehead atoms. The van der Waals surface area contributed by atoms with Gasteiger partial charge in [-0.05, 0) is 129 Å². The van der Waals surface area contributed by atoms with Crippen molar-refractivity contribution in [1.29, 1.82) is 0 Å². The summed E-state index contributed by atoms with van der Waals surface area (Å²) in [6, 6.07) is 0. The highest BCUT2D eigenvalue weighted by molar-refractivity contribution is 5.93. The number of carbonyl (C=O) groups excluding carboxylic acids is 4. The van der Waals surface area contributed by atoms with Crippen molar-refractivity contribution in [3.05, 3.63) is 58.7 Å². The van der Waals surface area contributed by atoms with Gasteiger partial charge in [0.25, 0.3) is 0 Å². The maximum atomic E-state index is 10.6. The Balaban J connectivity index is 0.000000180. The first-order valence-corrected chi connectivity index (χ1v) is 14.3. The van der Waals surface area contributed by atoms with Crippen molar-refractivity contribution in [2.24, 2.45) is 29.1 Å². The lowest BCUT2D eigenvalue weighted by Gasteiger charge is -2.55. The number of hydrogen-bond donors (Lipinski definition) is 0. The van der Waals surface area contributed by atoms with Crippen LogP contribution in [0.15, 0.2) is 58.7 Å². The Kier molecular flexibility index (Phi) is 12.5. The normalized spacial score (nSPS) is 27.9. The van der Waals surface area contributed by atoms with Crippen molar-refractivity contribution >= 4 is 24.6 Å². The molecule has 1 fully saturated rings. The van der Waals surface area contributed by atoms with Gasteiger partial charge in [-0.2, -0.15) is 0 Å². The fourth-order valence-electron chi connectivity index (χ4n) is 5.96. The Morgan fingerprint density at radius 2 is 1.61 bits per heavy atom. The lowest BCUT2D eigenvalue weighted by Crippen LogP contribution is -2.48. The zero-order valence-electron chi connectivity index (χ0n) is 24.3. The Labute approximate surface area is 230 Å². The number of fused-ring (bicyclic) bond motifs is 1. The maximum absolute atomic E-state index is 10.6. The molecule has 38 heavy (non-hydrogen) atoms. The molecule has 0 spiro atoms. The van der Waals surface area contributed by atoms with Crippen molar-refractivity contribution in [2.75, 3.05) is 0 Å². The van der Waals surface area contributed by atoms with Gasteiger partial charge in [0.15, 0.2) is 5.78 Å². The molecule has 208 valence electrons. The third-order valence-electron chi connectivity index (χ3n) is 9.12. The zero-order chi connectivity index (χ0) is 28.3. The van der Waals surface area contributed by atoms with Crippen LogP contribution in [0.2, 0.25) is 0 Å². The van der Waals surface area contributed by atoms with E-state index in [4.69, 9.17) is 0 Å². The summed E-state index contributed by atoms with van der Waals surface area (Å²) in [4.78, 5) is 41.7. The number of allylic oxidation sites excluding steroid dienone is 9. The van der Waals surface area contributed by atoms with Gasteiger partial charge in [-0.25, -0.2) is 0 Å². The van der Waals surface area contributed by atoms with Crippen LogP contribution in [0.25, 0.3) is 0 Å². The average Bonchev–Trinajstić information content (AvgIpc) is 3.62. The van der Waals surface area contributed by atoms with E-state index in [-0.39, 0.29) is 5.78 Å². The van der Waals surface area contributed by atoms with Gasteiger partial charge in [0, 0.05) is 0 Å². The summed E-state index contributed by atoms with van der Waals surface area (Å²) < 4.78 is 0. The molecule has 0 radical (unpaired) electrons. The first-order valence-electron chi connectivity index (χ1n) is 14.3. The summed E-state index contributed by atoms with van der Waals surface area (Å²) >= 11 is 0. The minimum atomic E-state index is 0.252. The molecule has 6 rings (SSSR count). The molecule has 4 atom stereocenters. The van der Waals surface area contributed by atoms with Crippen LogP contribution in [0.1, 0.15) is 98.8 Å². The number of carbonyl (C=O) groups is 4. The van der Waals surface area contributed by atoms with E-state index in [0.29, 0.717) is 23.2 Å². The van der Waals surface area contributed by atoms with E-state index in [0.717, 1.165) is 98.4 Å². The van der Waals surface area contributed by atoms with Crippen LogP contribution in [-0.4, -0.2) is 24.6 Å². The lowest BCUT2D eigenvalue weighted by molar-refractivity contribution is -0.113. The highest BCUT2D eigenvalue weighted by Crippen LogP contribution is 2.58. The van der Waals surface area contributed by atoms with E-state index in [9.17, 15) is 19.2 Å². The molecule has 4 heteroatoms. The second-order valence-corrected chi connectivity index (χ2v) is 12.1. The van der Waals surface area contributed by atoms with E-state index < -0.39 is 0 Å². The summed E-state index contributed by atoms with van der Waals surface area (Å²) in [6.45, 7) is 14.3. The highest BCUT2D eigenvalue weighted by Gasteiger charge is 2.50. The van der Waals surface area contributed by atoms with Gasteiger partial charge in [-0.3, -0.25) is 19.2 Å². The predicted molar refractivity (Wildman–Crippen MR) is 156 cm³/mol. The summed E-state index contributed by atoms with van der Waals surface area (Å²) in [6.07, 6.45) is 22.2. The van der Waals surface area contributed by atoms with Gasteiger partial charge >= 0.3 is 0 Å². The topological polar surface area (TPSA) is 68.3 Å². The molecule has 0 aromatic carbocycles. The van der Waals surface area contributed by atoms with Gasteiger partial charge in [0.2, 0.25) is 0 Å². The molecule has 6 aliphatic carbocycles. The second-order valence-electron chi connectivity index (χ2n) is 12.1. The Morgan fingerprint density at radius 3 is 1.92 bits per heavy atom. The molecule has 0 amide bonds. The summed E-state index contributed by atoms with van der Waals surface area (Å²) in [7, 11) is 0. The number of hydrogen-bond acceptors (Lipinski definition) is 4. The van der Waals surface area contributed by atoms with E-state index in [2.05, 4.69) is 40.3 Å². The van der Waals surface area contributed by atoms with E-state index in [1.54, 1.807) is 6.92 Å². The van der Waals surface area contributed by atoms with E-state index in [1.807, 2.05) is 18.2 Å². The smallest absolute Gasteiger partial charge is 0.155 e. The SMILES string of the molecule is C=C(C)[C@@H]1CC=C(C=O)CC1.CC(=O)C1=CCCC1.CC1(C)[C@H]2CC=C(C=O)[C@@H]1C2.C[C@H]1CCC=C1C=O. The van der Waals surface area contributed by atoms with Gasteiger partial charge in [-0.1, -0.05) is 57.2 Å². The van der Waals surface area contributed by atoms with Crippen LogP contribution in [0.4, 0.5) is 0 Å². The Morgan fingerprint density at radius 1 is 0.895 bits per heavy atom. The summed E-state index contributed by atoms with van der Waals surface area (Å²) in [5.74, 6) is 2.80. The van der Waals surface area contributed by atoms with Gasteiger partial charge in [0.1, 0.15) is 18.9 Å². The van der Waals surface area contributed by atoms with Crippen molar-refractivity contribution in [2.45, 2.75) is 98.8 Å². The molecule has 6 aliphatic rings. The largest absolute Gasteiger partial charge is 0.298 e. The van der Waals surface area contributed by atoms with Gasteiger partial charge in [0.05, 0.1) is 0 Å². The minimum absolute atomic E-state index is 0.252. The number of Topliss-reactive ketones (excluding diaryl/α,β-unsaturated/α-hetero) is 1. The van der Waals surface area contributed by atoms with E-state index >= 15 is 0 Å². The highest BCUT2D eigenvalue weighted by atomic mass is 16.1. The van der Waals surface area contributed by atoms with Crippen LogP contribution in [0, 0.1) is 29.1 Å². The maximum Gasteiger partial charge on any atom is 0.155 e. The van der Waals surface area contributed by atoms with Gasteiger partial charge in [-0.15, -0.1) is 0 Å². The molecule has 0 heterocycles. The molecule has 0 unspecified atom stereocenters. The van der Waals surface area contributed by atoms with Crippen LogP contribution in [0.3, 0.4) is 0 Å². The number of aldehydes is 3. The predicted octanol–water partition coefficient (Wildman–Crippen LogP) is 7.89. The Hall–Kier alpha value is -2.62. The molecule has 0 N–H and O–H groups in total. The molecular weight excluding hydrogens is 472 g/mol. The summed E-state index contributed by atoms with van der Waals surface area (Å²) in [5, 5.41) is 0. The number of rotatable bonds is 5. The van der Waals surface area contributed by atoms with Crippen molar-refractivity contribution < 1.29 is 19.2 Å². The Bertz CT molecular complexity index is 1000. The standard InChI is InChI=1S/2C10H14O.2C7H10O/c1-10(2)8-4-3-7(6-11)9(10)5-8;1-8(2)10-5-3-9(7-11)4-6-10;1-6-3-2-4-7(6)5-8;1-6(8)7-4-2-3-5-7/h3,6,8-9H,4-5H2,1-2H3;3,7,10H,1,4-6H2,2H3;4-6H,2-3H2,1H3;4H,2-3,5H2,1H3/t8-,9-;10-;6-;/m010./s1. The zero-order valence-corrected chi connectivity index (χ0v) is 24.3. The van der Waals surface area contributed by atoms with Crippen molar-refractivity contribution in [3.63, 3.8) is 0 Å². The molecule has 0 saturated heterocycles. The third kappa shape index (κ3) is 8.71. The van der Waals surface area contributed by atoms with Crippen LogP contribution < -0.4 is 0 Å². The van der Waals surface area contributed by atoms with Crippen molar-refractivity contribution in [3.8, 4) is 0 Å². The molecule has 0 aromatic heterocycles. The van der Waals surface area contributed by atoms with Gasteiger partial charge < -0.3 is 0 Å². The van der Waals surface area contributed by atoms with Crippen LogP contribution >= 0.6 is 0 Å². The quantitative estimate of drug-likeness (QED) is 0.273. The molecule has 4 nitrogen and oxygen atoms in total. The second kappa shape index (κ2) is 15.1. The molecule has 1 saturated carbocycles. The molecule has 0 aromatic rings. The monoisotopic (exact) mass is 520 g/mol. The fourth-order valence-corrected chi connectivity index (χ4v) is 5.96. The first-order chi connectivity index (χ1) is 18.0. The van der Waals surface area contributed by atoms with Crippen LogP contribution in [0.5, 0.6) is 0 Å². The third-order valence-corrected chi connectivity index (χ3v) is 9.12. The fraction of sp³-hybridized carbons (Fsp3) is 0.588. The van der Waals surface area contributed by atoms with E-state index in [1.165, 1.54) is 18.4 Å². The first kappa shape index (κ1) is 31.6. The average molecular weight is 521 g/mol.